The predicted octanol–water partition coefficient (Wildman–Crippen LogP) is 5.12. The van der Waals surface area contributed by atoms with Gasteiger partial charge in [0.05, 0.1) is 5.60 Å². The number of hydrazone groups is 1. The van der Waals surface area contributed by atoms with Crippen LogP contribution in [0.1, 0.15) is 83.0 Å². The molecule has 1 aliphatic heterocycles. The van der Waals surface area contributed by atoms with E-state index in [1.807, 2.05) is 19.9 Å². The minimum Gasteiger partial charge on any atom is -0.458 e. The smallest absolute Gasteiger partial charge is 0.331 e. The monoisotopic (exact) mass is 492 g/mol. The minimum absolute atomic E-state index is 0.172. The Morgan fingerprint density at radius 3 is 2.56 bits per heavy atom. The number of nitrogens with one attached hydrogen (secondary N) is 1. The molecule has 7 atom stereocenters. The molecule has 4 saturated carbocycles. The van der Waals surface area contributed by atoms with Gasteiger partial charge >= 0.3 is 5.97 Å². The van der Waals surface area contributed by atoms with Gasteiger partial charge in [0.25, 0.3) is 0 Å². The van der Waals surface area contributed by atoms with Crippen LogP contribution in [0.2, 0.25) is 0 Å². The van der Waals surface area contributed by atoms with Crippen LogP contribution in [0.25, 0.3) is 0 Å². The van der Waals surface area contributed by atoms with Gasteiger partial charge in [-0.3, -0.25) is 0 Å². The van der Waals surface area contributed by atoms with E-state index in [1.54, 1.807) is 6.08 Å². The first-order valence-electron chi connectivity index (χ1n) is 13.9. The van der Waals surface area contributed by atoms with Gasteiger partial charge in [0.15, 0.2) is 0 Å². The second kappa shape index (κ2) is 8.37. The lowest BCUT2D eigenvalue weighted by atomic mass is 9.43. The second-order valence-corrected chi connectivity index (χ2v) is 12.8. The molecular weight excluding hydrogens is 452 g/mol. The third kappa shape index (κ3) is 3.56. The van der Waals surface area contributed by atoms with Crippen molar-refractivity contribution >= 4 is 17.6 Å². The number of aliphatic hydroxyl groups is 1. The van der Waals surface area contributed by atoms with Crippen molar-refractivity contribution in [2.75, 3.05) is 12.0 Å². The van der Waals surface area contributed by atoms with Crippen LogP contribution in [0.3, 0.4) is 0 Å². The summed E-state index contributed by atoms with van der Waals surface area (Å²) in [4.78, 5) is 20.7. The van der Waals surface area contributed by atoms with Crippen molar-refractivity contribution in [2.45, 2.75) is 91.1 Å². The molecule has 194 valence electrons. The summed E-state index contributed by atoms with van der Waals surface area (Å²) in [5, 5.41) is 17.1. The van der Waals surface area contributed by atoms with E-state index in [0.29, 0.717) is 30.3 Å². The maximum atomic E-state index is 12.4. The maximum absolute atomic E-state index is 12.4. The maximum Gasteiger partial charge on any atom is 0.331 e. The van der Waals surface area contributed by atoms with Gasteiger partial charge in [-0.1, -0.05) is 13.8 Å². The number of hydrogen-bond acceptors (Lipinski definition) is 7. The van der Waals surface area contributed by atoms with Crippen molar-refractivity contribution in [3.8, 4) is 0 Å². The van der Waals surface area contributed by atoms with Gasteiger partial charge < -0.3 is 9.84 Å². The van der Waals surface area contributed by atoms with Crippen LogP contribution in [0.15, 0.2) is 22.8 Å². The van der Waals surface area contributed by atoms with E-state index >= 15 is 0 Å². The predicted molar refractivity (Wildman–Crippen MR) is 138 cm³/mol. The fourth-order valence-corrected chi connectivity index (χ4v) is 9.22. The van der Waals surface area contributed by atoms with Crippen LogP contribution in [-0.2, 0) is 9.53 Å². The molecule has 2 heterocycles. The Balaban J connectivity index is 1.19. The van der Waals surface area contributed by atoms with Gasteiger partial charge in [-0.25, -0.2) is 20.2 Å². The third-order valence-electron chi connectivity index (χ3n) is 11.1. The van der Waals surface area contributed by atoms with Gasteiger partial charge in [-0.15, -0.1) is 0 Å². The molecule has 1 aromatic heterocycles. The summed E-state index contributed by atoms with van der Waals surface area (Å²) in [6.07, 6.45) is 11.0. The van der Waals surface area contributed by atoms with E-state index in [2.05, 4.69) is 29.2 Å². The summed E-state index contributed by atoms with van der Waals surface area (Å²) in [7, 11) is 0. The van der Waals surface area contributed by atoms with Crippen molar-refractivity contribution in [3.63, 3.8) is 0 Å². The van der Waals surface area contributed by atoms with Crippen molar-refractivity contribution in [1.82, 2.24) is 9.97 Å². The van der Waals surface area contributed by atoms with Gasteiger partial charge in [-0.2, -0.15) is 5.10 Å². The second-order valence-electron chi connectivity index (χ2n) is 12.8. The summed E-state index contributed by atoms with van der Waals surface area (Å²) < 4.78 is 5.26. The lowest BCUT2D eigenvalue weighted by Gasteiger charge is -2.63. The molecule has 1 aromatic rings. The molecule has 36 heavy (non-hydrogen) atoms. The van der Waals surface area contributed by atoms with Crippen LogP contribution in [0.5, 0.6) is 0 Å². The van der Waals surface area contributed by atoms with Gasteiger partial charge in [0.1, 0.15) is 6.61 Å². The molecule has 7 heteroatoms. The molecule has 4 fully saturated rings. The minimum atomic E-state index is -0.655. The van der Waals surface area contributed by atoms with Gasteiger partial charge in [-0.05, 0) is 112 Å². The van der Waals surface area contributed by atoms with Crippen LogP contribution < -0.4 is 5.43 Å². The zero-order valence-electron chi connectivity index (χ0n) is 22.1. The number of anilines is 1. The Kier molecular flexibility index (Phi) is 5.60. The average Bonchev–Trinajstić information content (AvgIpc) is 3.37. The molecule has 6 rings (SSSR count). The molecule has 7 nitrogen and oxygen atoms in total. The molecular formula is C29H40N4O3. The molecule has 0 spiro atoms. The summed E-state index contributed by atoms with van der Waals surface area (Å²) >= 11 is 0. The van der Waals surface area contributed by atoms with Crippen LogP contribution in [0.4, 0.5) is 5.95 Å². The highest BCUT2D eigenvalue weighted by Gasteiger charge is 2.67. The van der Waals surface area contributed by atoms with Gasteiger partial charge in [0.2, 0.25) is 5.95 Å². The average molecular weight is 493 g/mol. The highest BCUT2D eigenvalue weighted by molar-refractivity contribution is 5.86. The number of nitrogens with zero attached hydrogens (tertiary/aromatic N) is 3. The molecule has 5 aliphatic rings. The summed E-state index contributed by atoms with van der Waals surface area (Å²) in [6, 6.07) is 1.97. The van der Waals surface area contributed by atoms with E-state index in [4.69, 9.17) is 9.84 Å². The molecule has 0 unspecified atom stereocenters. The number of ether oxygens (including phenoxy) is 1. The molecule has 0 amide bonds. The molecule has 0 radical (unpaired) electrons. The largest absolute Gasteiger partial charge is 0.458 e. The van der Waals surface area contributed by atoms with E-state index in [-0.39, 0.29) is 22.7 Å². The SMILES string of the molecule is Cc1cc(C)nc(N/N=C2/CC[C@@]3(C)[C@H](CC[C@@H]4[C@@H]3CC[C@]3(C)[C@@H](C5=CC(=O)OC5)CC[C@]43O)C2)n1. The topological polar surface area (TPSA) is 96.7 Å². The normalized spacial score (nSPS) is 42.9. The summed E-state index contributed by atoms with van der Waals surface area (Å²) in [5.41, 5.74) is 6.74. The number of fused-ring (bicyclic) bond motifs is 5. The fourth-order valence-electron chi connectivity index (χ4n) is 9.22. The van der Waals surface area contributed by atoms with Crippen molar-refractivity contribution in [2.24, 2.45) is 39.6 Å². The van der Waals surface area contributed by atoms with Crippen LogP contribution >= 0.6 is 0 Å². The first kappa shape index (κ1) is 24.1. The third-order valence-corrected chi connectivity index (χ3v) is 11.1. The zero-order chi connectivity index (χ0) is 25.3. The van der Waals surface area contributed by atoms with Crippen molar-refractivity contribution < 1.29 is 14.6 Å². The number of hydrogen-bond donors (Lipinski definition) is 2. The first-order valence-corrected chi connectivity index (χ1v) is 13.9. The molecule has 0 bridgehead atoms. The number of carbonyl (C=O) groups is 1. The Hall–Kier alpha value is -2.28. The van der Waals surface area contributed by atoms with Crippen LogP contribution in [-0.4, -0.2) is 39.0 Å². The Labute approximate surface area is 214 Å². The number of rotatable bonds is 3. The zero-order valence-corrected chi connectivity index (χ0v) is 22.1. The molecule has 4 aliphatic carbocycles. The number of esters is 1. The quantitative estimate of drug-likeness (QED) is 0.449. The van der Waals surface area contributed by atoms with Gasteiger partial charge in [0, 0.05) is 28.6 Å². The molecule has 0 saturated heterocycles. The standard InChI is InChI=1S/C29H40N4O3/c1-17-13-18(2)31-26(30-17)33-32-21-7-10-27(3)20(15-21)5-6-24-23(27)8-11-28(4)22(9-12-29(24,28)35)19-14-25(34)36-16-19/h13-14,20,22-24,35H,5-12,15-16H2,1-4H3,(H,30,31,33)/b32-21-/t20-,22-,23+,24-,27+,28-,29+/m1/s1. The van der Waals surface area contributed by atoms with E-state index in [9.17, 15) is 9.90 Å². The Morgan fingerprint density at radius 2 is 1.83 bits per heavy atom. The van der Waals surface area contributed by atoms with Crippen molar-refractivity contribution in [3.05, 3.63) is 29.1 Å². The summed E-state index contributed by atoms with van der Waals surface area (Å²) in [6.45, 7) is 9.16. The summed E-state index contributed by atoms with van der Waals surface area (Å²) in [5.74, 6) is 2.09. The number of cyclic esters (lactones) is 1. The number of carbonyl (C=O) groups excluding carboxylic acids is 1. The molecule has 2 N–H and O–H groups in total. The lowest BCUT2D eigenvalue weighted by Crippen LogP contribution is -2.62. The van der Waals surface area contributed by atoms with Crippen LogP contribution in [0, 0.1) is 48.3 Å². The van der Waals surface area contributed by atoms with E-state index < -0.39 is 5.60 Å². The van der Waals surface area contributed by atoms with Crippen molar-refractivity contribution in [1.29, 1.82) is 0 Å². The van der Waals surface area contributed by atoms with E-state index in [0.717, 1.165) is 74.7 Å². The fraction of sp³-hybridized carbons (Fsp3) is 0.724. The Bertz CT molecular complexity index is 1130. The lowest BCUT2D eigenvalue weighted by molar-refractivity contribution is -0.200. The van der Waals surface area contributed by atoms with E-state index in [1.165, 1.54) is 5.71 Å². The highest BCUT2D eigenvalue weighted by Crippen LogP contribution is 2.69. The first-order chi connectivity index (χ1) is 17.1. The molecule has 0 aromatic carbocycles. The number of aromatic nitrogens is 2. The number of aryl methyl sites for hydroxylation is 2. The Morgan fingerprint density at radius 1 is 1.06 bits per heavy atom. The highest BCUT2D eigenvalue weighted by atomic mass is 16.5.